The van der Waals surface area contributed by atoms with E-state index >= 15 is 0 Å². The molecule has 1 rings (SSSR count). The fraction of sp³-hybridized carbons (Fsp3) is 0.889. The van der Waals surface area contributed by atoms with E-state index in [-0.39, 0.29) is 0 Å². The van der Waals surface area contributed by atoms with Gasteiger partial charge in [-0.15, -0.1) is 6.58 Å². The van der Waals surface area contributed by atoms with E-state index in [4.69, 9.17) is 0 Å². The summed E-state index contributed by atoms with van der Waals surface area (Å²) in [5, 5.41) is 3.80. The van der Waals surface area contributed by atoms with Crippen LogP contribution in [0, 0.1) is 17.8 Å². The van der Waals surface area contributed by atoms with Gasteiger partial charge in [0.2, 0.25) is 0 Å². The lowest BCUT2D eigenvalue weighted by atomic mass is 9.73. The maximum atomic E-state index is 4.06. The molecule has 1 saturated carbocycles. The van der Waals surface area contributed by atoms with Crippen LogP contribution in [0.3, 0.4) is 0 Å². The van der Waals surface area contributed by atoms with Gasteiger partial charge in [0.15, 0.2) is 0 Å². The molecule has 0 aromatic carbocycles. The molecule has 0 radical (unpaired) electrons. The zero-order valence-electron chi connectivity index (χ0n) is 13.7. The number of hydrogen-bond acceptors (Lipinski definition) is 1. The van der Waals surface area contributed by atoms with Gasteiger partial charge >= 0.3 is 0 Å². The molecule has 0 amide bonds. The highest BCUT2D eigenvalue weighted by molar-refractivity contribution is 4.91. The first-order valence-corrected chi connectivity index (χ1v) is 8.42. The summed E-state index contributed by atoms with van der Waals surface area (Å²) in [7, 11) is 0. The molecule has 0 bridgehead atoms. The van der Waals surface area contributed by atoms with Gasteiger partial charge in [-0.2, -0.15) is 0 Å². The average Bonchev–Trinajstić information content (AvgIpc) is 2.39. The van der Waals surface area contributed by atoms with Crippen LogP contribution in [0.25, 0.3) is 0 Å². The van der Waals surface area contributed by atoms with Gasteiger partial charge < -0.3 is 5.32 Å². The van der Waals surface area contributed by atoms with Crippen LogP contribution >= 0.6 is 0 Å². The van der Waals surface area contributed by atoms with E-state index in [1.165, 1.54) is 57.1 Å². The zero-order valence-corrected chi connectivity index (χ0v) is 13.7. The number of rotatable bonds is 8. The van der Waals surface area contributed by atoms with Crippen molar-refractivity contribution in [3.63, 3.8) is 0 Å². The molecular weight excluding hydrogens is 230 g/mol. The van der Waals surface area contributed by atoms with Gasteiger partial charge in [0.25, 0.3) is 0 Å². The summed E-state index contributed by atoms with van der Waals surface area (Å²) in [6, 6.07) is 0.727. The SMILES string of the molecule is C=C(C)CCC(NCCC)C1CCC(C(C)C)CC1. The minimum atomic E-state index is 0.727. The Kier molecular flexibility index (Phi) is 7.75. The third-order valence-corrected chi connectivity index (χ3v) is 4.87. The summed E-state index contributed by atoms with van der Waals surface area (Å²) in [4.78, 5) is 0. The van der Waals surface area contributed by atoms with Gasteiger partial charge in [0.1, 0.15) is 0 Å². The molecule has 0 aromatic heterocycles. The fourth-order valence-corrected chi connectivity index (χ4v) is 3.45. The van der Waals surface area contributed by atoms with E-state index in [0.717, 1.165) is 23.8 Å². The van der Waals surface area contributed by atoms with Crippen molar-refractivity contribution in [2.24, 2.45) is 17.8 Å². The quantitative estimate of drug-likeness (QED) is 0.597. The van der Waals surface area contributed by atoms with Crippen LogP contribution in [-0.4, -0.2) is 12.6 Å². The van der Waals surface area contributed by atoms with E-state index < -0.39 is 0 Å². The molecule has 1 heteroatoms. The summed E-state index contributed by atoms with van der Waals surface area (Å²) in [6.45, 7) is 14.4. The highest BCUT2D eigenvalue weighted by atomic mass is 14.9. The maximum Gasteiger partial charge on any atom is 0.00983 e. The lowest BCUT2D eigenvalue weighted by molar-refractivity contribution is 0.184. The third kappa shape index (κ3) is 6.12. The molecule has 0 spiro atoms. The largest absolute Gasteiger partial charge is 0.314 e. The van der Waals surface area contributed by atoms with Gasteiger partial charge in [0, 0.05) is 6.04 Å². The van der Waals surface area contributed by atoms with Crippen LogP contribution in [-0.2, 0) is 0 Å². The summed E-state index contributed by atoms with van der Waals surface area (Å²) in [6.07, 6.45) is 9.46. The van der Waals surface area contributed by atoms with Crippen molar-refractivity contribution in [3.05, 3.63) is 12.2 Å². The molecule has 1 unspecified atom stereocenters. The molecular formula is C18H35N. The Morgan fingerprint density at radius 3 is 2.21 bits per heavy atom. The van der Waals surface area contributed by atoms with Gasteiger partial charge in [0.05, 0.1) is 0 Å². The summed E-state index contributed by atoms with van der Waals surface area (Å²) in [5.41, 5.74) is 1.33. The molecule has 1 N–H and O–H groups in total. The Bertz CT molecular complexity index is 248. The predicted octanol–water partition coefficient (Wildman–Crippen LogP) is 5.17. The first-order valence-electron chi connectivity index (χ1n) is 8.42. The van der Waals surface area contributed by atoms with E-state index in [1.54, 1.807) is 0 Å². The Labute approximate surface area is 121 Å². The molecule has 0 saturated heterocycles. The van der Waals surface area contributed by atoms with Crippen molar-refractivity contribution < 1.29 is 0 Å². The number of nitrogens with one attached hydrogen (secondary N) is 1. The van der Waals surface area contributed by atoms with Gasteiger partial charge in [-0.25, -0.2) is 0 Å². The average molecular weight is 265 g/mol. The topological polar surface area (TPSA) is 12.0 Å². The second kappa shape index (κ2) is 8.79. The number of hydrogen-bond donors (Lipinski definition) is 1. The van der Waals surface area contributed by atoms with Crippen molar-refractivity contribution in [2.45, 2.75) is 78.7 Å². The van der Waals surface area contributed by atoms with E-state index in [9.17, 15) is 0 Å². The standard InChI is InChI=1S/C18H35N/c1-6-13-19-18(12-7-14(2)3)17-10-8-16(9-11-17)15(4)5/h15-19H,2,6-13H2,1,3-5H3. The Morgan fingerprint density at radius 1 is 1.16 bits per heavy atom. The molecule has 1 atom stereocenters. The van der Waals surface area contributed by atoms with Crippen LogP contribution in [0.5, 0.6) is 0 Å². The van der Waals surface area contributed by atoms with Crippen LogP contribution in [0.15, 0.2) is 12.2 Å². The molecule has 0 aliphatic heterocycles. The van der Waals surface area contributed by atoms with E-state index in [2.05, 4.69) is 39.6 Å². The molecule has 0 heterocycles. The highest BCUT2D eigenvalue weighted by Gasteiger charge is 2.28. The smallest absolute Gasteiger partial charge is 0.00983 e. The Hall–Kier alpha value is -0.300. The normalized spacial score (nSPS) is 25.5. The van der Waals surface area contributed by atoms with E-state index in [0.29, 0.717) is 0 Å². The van der Waals surface area contributed by atoms with Crippen molar-refractivity contribution >= 4 is 0 Å². The van der Waals surface area contributed by atoms with Gasteiger partial charge in [-0.3, -0.25) is 0 Å². The molecule has 0 aromatic rings. The Morgan fingerprint density at radius 2 is 1.74 bits per heavy atom. The summed E-state index contributed by atoms with van der Waals surface area (Å²) < 4.78 is 0. The summed E-state index contributed by atoms with van der Waals surface area (Å²) >= 11 is 0. The van der Waals surface area contributed by atoms with Crippen molar-refractivity contribution in [1.29, 1.82) is 0 Å². The van der Waals surface area contributed by atoms with Crippen LogP contribution in [0.2, 0.25) is 0 Å². The molecule has 19 heavy (non-hydrogen) atoms. The van der Waals surface area contributed by atoms with Crippen LogP contribution in [0.4, 0.5) is 0 Å². The van der Waals surface area contributed by atoms with Gasteiger partial charge in [-0.05, 0) is 76.2 Å². The minimum absolute atomic E-state index is 0.727. The molecule has 112 valence electrons. The van der Waals surface area contributed by atoms with Crippen molar-refractivity contribution in [3.8, 4) is 0 Å². The lowest BCUT2D eigenvalue weighted by Crippen LogP contribution is -2.39. The van der Waals surface area contributed by atoms with Crippen LogP contribution in [0.1, 0.15) is 72.6 Å². The highest BCUT2D eigenvalue weighted by Crippen LogP contribution is 2.35. The summed E-state index contributed by atoms with van der Waals surface area (Å²) in [5.74, 6) is 2.75. The first kappa shape index (κ1) is 16.8. The molecule has 1 nitrogen and oxygen atoms in total. The first-order chi connectivity index (χ1) is 9.04. The minimum Gasteiger partial charge on any atom is -0.314 e. The van der Waals surface area contributed by atoms with E-state index in [1.807, 2.05) is 0 Å². The van der Waals surface area contributed by atoms with Crippen molar-refractivity contribution in [2.75, 3.05) is 6.54 Å². The second-order valence-electron chi connectivity index (χ2n) is 6.98. The zero-order chi connectivity index (χ0) is 14.3. The lowest BCUT2D eigenvalue weighted by Gasteiger charge is -2.36. The third-order valence-electron chi connectivity index (χ3n) is 4.87. The predicted molar refractivity (Wildman–Crippen MR) is 86.4 cm³/mol. The molecule has 1 fully saturated rings. The molecule has 1 aliphatic carbocycles. The molecule has 1 aliphatic rings. The fourth-order valence-electron chi connectivity index (χ4n) is 3.45. The monoisotopic (exact) mass is 265 g/mol. The number of allylic oxidation sites excluding steroid dienone is 1. The van der Waals surface area contributed by atoms with Crippen molar-refractivity contribution in [1.82, 2.24) is 5.32 Å². The van der Waals surface area contributed by atoms with Gasteiger partial charge in [-0.1, -0.05) is 26.3 Å². The maximum absolute atomic E-state index is 4.06. The second-order valence-corrected chi connectivity index (χ2v) is 6.98. The van der Waals surface area contributed by atoms with Crippen LogP contribution < -0.4 is 5.32 Å². The Balaban J connectivity index is 2.44.